The van der Waals surface area contributed by atoms with Crippen molar-refractivity contribution in [1.82, 2.24) is 0 Å². The zero-order chi connectivity index (χ0) is 6.69. The molecule has 2 atom stereocenters. The largest absolute Gasteiger partial charge is 0.377 e. The Kier molecular flexibility index (Phi) is 2.07. The number of rotatable bonds is 1. The normalized spacial score (nSPS) is 34.2. The Labute approximate surface area is 55.4 Å². The summed E-state index contributed by atoms with van der Waals surface area (Å²) in [6.45, 7) is 2.97. The minimum Gasteiger partial charge on any atom is -0.377 e. The van der Waals surface area contributed by atoms with Crippen LogP contribution in [0.4, 0.5) is 0 Å². The number of ether oxygens (including phenoxy) is 1. The van der Waals surface area contributed by atoms with Crippen molar-refractivity contribution in [3.05, 3.63) is 0 Å². The molecular weight excluding hydrogens is 114 g/mol. The van der Waals surface area contributed by atoms with Crippen LogP contribution in [-0.2, 0) is 4.74 Å². The molecule has 2 unspecified atom stereocenters. The maximum atomic E-state index is 8.31. The summed E-state index contributed by atoms with van der Waals surface area (Å²) in [5.41, 5.74) is 0. The minimum atomic E-state index is 0.218. The number of nitriles is 1. The summed E-state index contributed by atoms with van der Waals surface area (Å²) in [5, 5.41) is 8.31. The van der Waals surface area contributed by atoms with Gasteiger partial charge in [-0.1, -0.05) is 6.92 Å². The first-order chi connectivity index (χ1) is 4.34. The molecule has 0 spiro atoms. The average molecular weight is 125 g/mol. The van der Waals surface area contributed by atoms with Crippen LogP contribution in [0.25, 0.3) is 0 Å². The van der Waals surface area contributed by atoms with E-state index in [1.807, 2.05) is 0 Å². The van der Waals surface area contributed by atoms with Gasteiger partial charge in [0, 0.05) is 6.61 Å². The predicted octanol–water partition coefficient (Wildman–Crippen LogP) is 1.33. The second-order valence-corrected chi connectivity index (χ2v) is 2.54. The summed E-state index contributed by atoms with van der Waals surface area (Å²) < 4.78 is 5.28. The third kappa shape index (κ3) is 1.43. The Morgan fingerprint density at radius 2 is 2.56 bits per heavy atom. The van der Waals surface area contributed by atoms with Crippen molar-refractivity contribution in [2.45, 2.75) is 25.9 Å². The van der Waals surface area contributed by atoms with E-state index in [0.717, 1.165) is 13.0 Å². The van der Waals surface area contributed by atoms with E-state index >= 15 is 0 Å². The highest BCUT2D eigenvalue weighted by molar-refractivity contribution is 4.82. The fourth-order valence-electron chi connectivity index (χ4n) is 1.11. The molecule has 0 aliphatic carbocycles. The fraction of sp³-hybridized carbons (Fsp3) is 0.857. The molecule has 0 aromatic carbocycles. The van der Waals surface area contributed by atoms with Gasteiger partial charge in [-0.15, -0.1) is 0 Å². The van der Waals surface area contributed by atoms with Crippen LogP contribution in [-0.4, -0.2) is 12.7 Å². The summed E-state index contributed by atoms with van der Waals surface area (Å²) in [5.74, 6) is 0.588. The van der Waals surface area contributed by atoms with E-state index < -0.39 is 0 Å². The summed E-state index contributed by atoms with van der Waals surface area (Å²) >= 11 is 0. The van der Waals surface area contributed by atoms with Crippen molar-refractivity contribution in [1.29, 1.82) is 5.26 Å². The molecule has 2 nitrogen and oxygen atoms in total. The molecule has 0 N–H and O–H groups in total. The van der Waals surface area contributed by atoms with Gasteiger partial charge < -0.3 is 4.74 Å². The summed E-state index contributed by atoms with van der Waals surface area (Å²) in [6, 6.07) is 2.12. The lowest BCUT2D eigenvalue weighted by Crippen LogP contribution is -2.11. The Bertz CT molecular complexity index is 127. The first kappa shape index (κ1) is 6.57. The smallest absolute Gasteiger partial charge is 0.0731 e. The molecule has 1 rings (SSSR count). The maximum Gasteiger partial charge on any atom is 0.0731 e. The molecular formula is C7H11NO. The first-order valence-corrected chi connectivity index (χ1v) is 3.33. The Hall–Kier alpha value is -0.550. The second-order valence-electron chi connectivity index (χ2n) is 2.54. The molecule has 9 heavy (non-hydrogen) atoms. The lowest BCUT2D eigenvalue weighted by Gasteiger charge is -2.08. The molecule has 0 aromatic rings. The van der Waals surface area contributed by atoms with Crippen molar-refractivity contribution in [3.8, 4) is 6.07 Å². The topological polar surface area (TPSA) is 33.0 Å². The highest BCUT2D eigenvalue weighted by Gasteiger charge is 2.23. The predicted molar refractivity (Wildman–Crippen MR) is 33.8 cm³/mol. The van der Waals surface area contributed by atoms with Crippen LogP contribution >= 0.6 is 0 Å². The van der Waals surface area contributed by atoms with Crippen molar-refractivity contribution < 1.29 is 4.74 Å². The van der Waals surface area contributed by atoms with Gasteiger partial charge in [0.2, 0.25) is 0 Å². The van der Waals surface area contributed by atoms with E-state index in [4.69, 9.17) is 10.00 Å². The highest BCUT2D eigenvalue weighted by Crippen LogP contribution is 2.21. The van der Waals surface area contributed by atoms with E-state index in [-0.39, 0.29) is 6.10 Å². The lowest BCUT2D eigenvalue weighted by atomic mass is 10.0. The molecule has 2 heteroatoms. The molecule has 1 fully saturated rings. The Morgan fingerprint density at radius 3 is 3.00 bits per heavy atom. The molecule has 0 amide bonds. The molecule has 1 aliphatic rings. The van der Waals surface area contributed by atoms with Crippen LogP contribution in [0.15, 0.2) is 0 Å². The maximum absolute atomic E-state index is 8.31. The van der Waals surface area contributed by atoms with E-state index in [0.29, 0.717) is 12.3 Å². The summed E-state index contributed by atoms with van der Waals surface area (Å²) in [4.78, 5) is 0. The molecule has 0 radical (unpaired) electrons. The van der Waals surface area contributed by atoms with Crippen LogP contribution in [0.2, 0.25) is 0 Å². The Morgan fingerprint density at radius 1 is 1.78 bits per heavy atom. The second kappa shape index (κ2) is 2.84. The molecule has 0 bridgehead atoms. The quantitative estimate of drug-likeness (QED) is 0.529. The van der Waals surface area contributed by atoms with Gasteiger partial charge in [0.05, 0.1) is 18.6 Å². The summed E-state index contributed by atoms with van der Waals surface area (Å²) in [6.07, 6.45) is 1.89. The van der Waals surface area contributed by atoms with Gasteiger partial charge in [0.1, 0.15) is 0 Å². The van der Waals surface area contributed by atoms with Gasteiger partial charge in [-0.2, -0.15) is 5.26 Å². The van der Waals surface area contributed by atoms with Crippen LogP contribution in [0.3, 0.4) is 0 Å². The van der Waals surface area contributed by atoms with Gasteiger partial charge in [-0.3, -0.25) is 0 Å². The molecule has 1 heterocycles. The number of hydrogen-bond acceptors (Lipinski definition) is 2. The molecule has 0 aromatic heterocycles. The lowest BCUT2D eigenvalue weighted by molar-refractivity contribution is 0.0979. The monoisotopic (exact) mass is 125 g/mol. The zero-order valence-corrected chi connectivity index (χ0v) is 5.63. The van der Waals surface area contributed by atoms with Crippen LogP contribution < -0.4 is 0 Å². The minimum absolute atomic E-state index is 0.218. The number of nitrogens with zero attached hydrogens (tertiary/aromatic N) is 1. The molecule has 1 saturated heterocycles. The summed E-state index contributed by atoms with van der Waals surface area (Å²) in [7, 11) is 0. The van der Waals surface area contributed by atoms with E-state index in [1.54, 1.807) is 0 Å². The molecule has 1 aliphatic heterocycles. The van der Waals surface area contributed by atoms with Crippen molar-refractivity contribution >= 4 is 0 Å². The van der Waals surface area contributed by atoms with Crippen LogP contribution in [0, 0.1) is 17.2 Å². The fourth-order valence-corrected chi connectivity index (χ4v) is 1.11. The average Bonchev–Trinajstić information content (AvgIpc) is 2.18. The van der Waals surface area contributed by atoms with Gasteiger partial charge in [0.25, 0.3) is 0 Å². The third-order valence-electron chi connectivity index (χ3n) is 1.83. The molecule has 50 valence electrons. The van der Waals surface area contributed by atoms with Gasteiger partial charge in [0.15, 0.2) is 0 Å². The highest BCUT2D eigenvalue weighted by atomic mass is 16.5. The van der Waals surface area contributed by atoms with Gasteiger partial charge >= 0.3 is 0 Å². The SMILES string of the molecule is CC1CCOC1CC#N. The van der Waals surface area contributed by atoms with Crippen molar-refractivity contribution in [3.63, 3.8) is 0 Å². The number of hydrogen-bond donors (Lipinski definition) is 0. The molecule has 0 saturated carbocycles. The Balaban J connectivity index is 2.33. The van der Waals surface area contributed by atoms with Crippen LogP contribution in [0.1, 0.15) is 19.8 Å². The van der Waals surface area contributed by atoms with E-state index in [9.17, 15) is 0 Å². The zero-order valence-electron chi connectivity index (χ0n) is 5.63. The van der Waals surface area contributed by atoms with Crippen molar-refractivity contribution in [2.24, 2.45) is 5.92 Å². The van der Waals surface area contributed by atoms with Gasteiger partial charge in [-0.05, 0) is 12.3 Å². The van der Waals surface area contributed by atoms with E-state index in [1.165, 1.54) is 0 Å². The van der Waals surface area contributed by atoms with E-state index in [2.05, 4.69) is 13.0 Å². The van der Waals surface area contributed by atoms with Crippen LogP contribution in [0.5, 0.6) is 0 Å². The first-order valence-electron chi connectivity index (χ1n) is 3.33. The standard InChI is InChI=1S/C7H11NO/c1-6-3-5-9-7(6)2-4-8/h6-7H,2-3,5H2,1H3. The van der Waals surface area contributed by atoms with Crippen molar-refractivity contribution in [2.75, 3.05) is 6.61 Å². The van der Waals surface area contributed by atoms with Gasteiger partial charge in [-0.25, -0.2) is 0 Å². The third-order valence-corrected chi connectivity index (χ3v) is 1.83.